The summed E-state index contributed by atoms with van der Waals surface area (Å²) < 4.78 is 23.4. The second-order valence-corrected chi connectivity index (χ2v) is 11.0. The molecular weight excluding hydrogens is 472 g/mol. The van der Waals surface area contributed by atoms with E-state index in [1.807, 2.05) is 18.2 Å². The quantitative estimate of drug-likeness (QED) is 0.332. The molecule has 0 saturated carbocycles. The van der Waals surface area contributed by atoms with Crippen molar-refractivity contribution in [3.8, 4) is 0 Å². The molecule has 0 aromatic rings. The second-order valence-electron chi connectivity index (χ2n) is 11.0. The molecule has 4 aliphatic rings. The maximum absolute atomic E-state index is 12.6. The Hall–Kier alpha value is -2.03. The van der Waals surface area contributed by atoms with Crippen LogP contribution in [-0.4, -0.2) is 71.6 Å². The summed E-state index contributed by atoms with van der Waals surface area (Å²) in [4.78, 5) is 12.6. The van der Waals surface area contributed by atoms with Crippen LogP contribution < -0.4 is 0 Å². The largest absolute Gasteiger partial charge is 0.456 e. The number of rotatable bonds is 3. The van der Waals surface area contributed by atoms with Gasteiger partial charge in [-0.25, -0.2) is 4.79 Å². The molecule has 204 valence electrons. The highest BCUT2D eigenvalue weighted by Gasteiger charge is 2.46. The summed E-state index contributed by atoms with van der Waals surface area (Å²) in [6, 6.07) is 0. The van der Waals surface area contributed by atoms with E-state index < -0.39 is 24.3 Å². The van der Waals surface area contributed by atoms with Gasteiger partial charge in [-0.05, 0) is 51.4 Å². The van der Waals surface area contributed by atoms with E-state index in [0.29, 0.717) is 25.4 Å². The zero-order valence-corrected chi connectivity index (χ0v) is 22.0. The van der Waals surface area contributed by atoms with Crippen molar-refractivity contribution in [1.29, 1.82) is 0 Å². The van der Waals surface area contributed by atoms with E-state index in [1.165, 1.54) is 11.6 Å². The van der Waals surface area contributed by atoms with Crippen LogP contribution in [0.1, 0.15) is 58.8 Å². The third kappa shape index (κ3) is 8.76. The Labute approximate surface area is 220 Å². The van der Waals surface area contributed by atoms with Crippen molar-refractivity contribution >= 4 is 5.97 Å². The summed E-state index contributed by atoms with van der Waals surface area (Å²) in [7, 11) is 0. The molecule has 9 atom stereocenters. The lowest BCUT2D eigenvalue weighted by atomic mass is 9.91. The van der Waals surface area contributed by atoms with Crippen LogP contribution in [0.15, 0.2) is 60.3 Å². The van der Waals surface area contributed by atoms with Gasteiger partial charge in [0.25, 0.3) is 0 Å². The number of hydrogen-bond donors (Lipinski definition) is 2. The normalized spacial score (nSPS) is 39.6. The number of aliphatic hydroxyl groups is 2. The zero-order chi connectivity index (χ0) is 26.4. The first-order valence-electron chi connectivity index (χ1n) is 13.6. The molecule has 2 bridgehead atoms. The summed E-state index contributed by atoms with van der Waals surface area (Å²) in [5, 5.41) is 21.7. The lowest BCUT2D eigenvalue weighted by molar-refractivity contribution is -0.148. The predicted octanol–water partition coefficient (Wildman–Crippen LogP) is 4.11. The fourth-order valence-electron chi connectivity index (χ4n) is 5.45. The summed E-state index contributed by atoms with van der Waals surface area (Å²) >= 11 is 0. The minimum atomic E-state index is -1.03. The molecule has 0 spiro atoms. The molecule has 7 heteroatoms. The number of cyclic esters (lactones) is 1. The maximum Gasteiger partial charge on any atom is 0.330 e. The molecule has 0 aliphatic carbocycles. The van der Waals surface area contributed by atoms with Crippen LogP contribution in [0, 0.1) is 5.92 Å². The van der Waals surface area contributed by atoms with Gasteiger partial charge in [0.1, 0.15) is 18.3 Å². The van der Waals surface area contributed by atoms with Crippen molar-refractivity contribution in [2.45, 2.75) is 108 Å². The first-order valence-corrected chi connectivity index (χ1v) is 13.6. The Bertz CT molecular complexity index is 919. The van der Waals surface area contributed by atoms with Crippen LogP contribution >= 0.6 is 0 Å². The van der Waals surface area contributed by atoms with Crippen molar-refractivity contribution < 1.29 is 34.0 Å². The minimum Gasteiger partial charge on any atom is -0.456 e. The zero-order valence-electron chi connectivity index (χ0n) is 22.0. The van der Waals surface area contributed by atoms with E-state index in [2.05, 4.69) is 26.5 Å². The summed E-state index contributed by atoms with van der Waals surface area (Å²) in [5.41, 5.74) is 2.23. The summed E-state index contributed by atoms with van der Waals surface area (Å²) in [5.74, 6) is -0.141. The highest BCUT2D eigenvalue weighted by Crippen LogP contribution is 2.35. The summed E-state index contributed by atoms with van der Waals surface area (Å²) in [6.07, 6.45) is 14.3. The standard InChI is InChI=1S/C30H42O7/c1-19-12-13-34-23(15-19)10-11-25(31)27-18-28-30(37-28)26(32)17-21(3)14-20(2)16-24-8-4-6-22(35-24)7-5-9-29(33)36-27/h4-6,9-12,20,22-28,30-32H,3,7-8,13-18H2,1-2H3/b9-5-,11-10+/t20-,22-,23+,24-,25-,26-,27+,28-,30-/m0/s1. The van der Waals surface area contributed by atoms with Gasteiger partial charge in [-0.3, -0.25) is 0 Å². The monoisotopic (exact) mass is 514 g/mol. The second kappa shape index (κ2) is 13.2. The van der Waals surface area contributed by atoms with Crippen LogP contribution in [0.5, 0.6) is 0 Å². The van der Waals surface area contributed by atoms with Crippen LogP contribution in [0.3, 0.4) is 0 Å². The average Bonchev–Trinajstić information content (AvgIpc) is 3.61. The van der Waals surface area contributed by atoms with Crippen LogP contribution in [0.4, 0.5) is 0 Å². The molecule has 2 N–H and O–H groups in total. The Kier molecular flexibility index (Phi) is 9.96. The lowest BCUT2D eigenvalue weighted by Crippen LogP contribution is -2.32. The van der Waals surface area contributed by atoms with Crippen molar-refractivity contribution in [3.63, 3.8) is 0 Å². The van der Waals surface area contributed by atoms with E-state index in [0.717, 1.165) is 31.3 Å². The van der Waals surface area contributed by atoms with Crippen LogP contribution in [0.2, 0.25) is 0 Å². The van der Waals surface area contributed by atoms with E-state index in [9.17, 15) is 15.0 Å². The number of esters is 1. The molecule has 4 heterocycles. The topological polar surface area (TPSA) is 97.8 Å². The molecule has 0 aromatic heterocycles. The molecular formula is C30H42O7. The van der Waals surface area contributed by atoms with Crippen molar-refractivity contribution in [3.05, 3.63) is 60.3 Å². The van der Waals surface area contributed by atoms with Gasteiger partial charge in [0, 0.05) is 12.5 Å². The lowest BCUT2D eigenvalue weighted by Gasteiger charge is -2.28. The highest BCUT2D eigenvalue weighted by atomic mass is 16.6. The Morgan fingerprint density at radius 1 is 1.14 bits per heavy atom. The Morgan fingerprint density at radius 3 is 2.78 bits per heavy atom. The molecule has 0 radical (unpaired) electrons. The van der Waals surface area contributed by atoms with Gasteiger partial charge in [-0.1, -0.05) is 61.1 Å². The number of carbonyl (C=O) groups is 1. The molecule has 1 fully saturated rings. The minimum absolute atomic E-state index is 0.0863. The van der Waals surface area contributed by atoms with Crippen molar-refractivity contribution in [2.24, 2.45) is 5.92 Å². The molecule has 37 heavy (non-hydrogen) atoms. The van der Waals surface area contributed by atoms with E-state index in [-0.39, 0.29) is 36.9 Å². The maximum atomic E-state index is 12.6. The third-order valence-corrected chi connectivity index (χ3v) is 7.44. The third-order valence-electron chi connectivity index (χ3n) is 7.44. The molecule has 0 aromatic carbocycles. The van der Waals surface area contributed by atoms with Crippen LogP contribution in [0.25, 0.3) is 0 Å². The smallest absolute Gasteiger partial charge is 0.330 e. The molecule has 0 unspecified atom stereocenters. The number of hydrogen-bond acceptors (Lipinski definition) is 7. The first kappa shape index (κ1) is 28.0. The van der Waals surface area contributed by atoms with E-state index >= 15 is 0 Å². The van der Waals surface area contributed by atoms with Gasteiger partial charge >= 0.3 is 5.97 Å². The first-order chi connectivity index (χ1) is 17.8. The summed E-state index contributed by atoms with van der Waals surface area (Å²) in [6.45, 7) is 8.98. The fourth-order valence-corrected chi connectivity index (χ4v) is 5.45. The average molecular weight is 515 g/mol. The number of ether oxygens (including phenoxy) is 4. The van der Waals surface area contributed by atoms with Gasteiger partial charge in [0.2, 0.25) is 0 Å². The van der Waals surface area contributed by atoms with Gasteiger partial charge < -0.3 is 29.2 Å². The van der Waals surface area contributed by atoms with Crippen LogP contribution in [-0.2, 0) is 23.7 Å². The fraction of sp³-hybridized carbons (Fsp3) is 0.633. The van der Waals surface area contributed by atoms with Gasteiger partial charge in [0.15, 0.2) is 0 Å². The predicted molar refractivity (Wildman–Crippen MR) is 141 cm³/mol. The van der Waals surface area contributed by atoms with Gasteiger partial charge in [-0.2, -0.15) is 0 Å². The number of carbonyl (C=O) groups excluding carboxylic acids is 1. The van der Waals surface area contributed by atoms with Gasteiger partial charge in [-0.15, -0.1) is 0 Å². The number of fused-ring (bicyclic) bond motifs is 3. The van der Waals surface area contributed by atoms with Crippen molar-refractivity contribution in [2.75, 3.05) is 6.61 Å². The highest BCUT2D eigenvalue weighted by molar-refractivity contribution is 5.82. The Morgan fingerprint density at radius 2 is 1.97 bits per heavy atom. The molecule has 0 amide bonds. The van der Waals surface area contributed by atoms with Gasteiger partial charge in [0.05, 0.1) is 37.1 Å². The molecule has 7 nitrogen and oxygen atoms in total. The van der Waals surface area contributed by atoms with E-state index in [4.69, 9.17) is 18.9 Å². The number of aliphatic hydroxyl groups excluding tert-OH is 2. The van der Waals surface area contributed by atoms with E-state index in [1.54, 1.807) is 12.2 Å². The number of epoxide rings is 1. The Balaban J connectivity index is 1.44. The molecule has 4 aliphatic heterocycles. The molecule has 4 rings (SSSR count). The molecule has 1 saturated heterocycles. The SMILES string of the molecule is C=C1C[C@H](C)C[C@@H]2CC=C[C@@H](C/C=C\C(=O)O[C@@H]([C@@H](O)/C=C/[C@@H]3CC(C)=CCO3)C[C@@H]3O[C@H]3[C@@H](O)C1)O2. The van der Waals surface area contributed by atoms with Crippen molar-refractivity contribution in [1.82, 2.24) is 0 Å².